The summed E-state index contributed by atoms with van der Waals surface area (Å²) in [5, 5.41) is 15.6. The molecular formula is C31H33N3O3. The Kier molecular flexibility index (Phi) is 9.12. The molecule has 6 nitrogen and oxygen atoms in total. The SMILES string of the molecule is C#CCOC[C@H](O)CN(Cc1ccccc1)Cc1c(-c2ccccc2)nn(C)c1Oc1ccc(C)cc1. The molecule has 1 N–H and O–H groups in total. The fourth-order valence-corrected chi connectivity index (χ4v) is 4.22. The van der Waals surface area contributed by atoms with E-state index in [4.69, 9.17) is 21.0 Å². The van der Waals surface area contributed by atoms with E-state index in [9.17, 15) is 5.11 Å². The summed E-state index contributed by atoms with van der Waals surface area (Å²) in [5.41, 5.74) is 5.11. The number of aryl methyl sites for hydroxylation is 2. The van der Waals surface area contributed by atoms with Crippen molar-refractivity contribution in [1.82, 2.24) is 14.7 Å². The lowest BCUT2D eigenvalue weighted by molar-refractivity contribution is 0.0242. The van der Waals surface area contributed by atoms with Gasteiger partial charge in [0.25, 0.3) is 0 Å². The van der Waals surface area contributed by atoms with Crippen LogP contribution in [0, 0.1) is 19.3 Å². The van der Waals surface area contributed by atoms with E-state index in [0.717, 1.165) is 33.7 Å². The second-order valence-corrected chi connectivity index (χ2v) is 9.07. The molecule has 1 aromatic heterocycles. The summed E-state index contributed by atoms with van der Waals surface area (Å²) in [5.74, 6) is 3.85. The minimum Gasteiger partial charge on any atom is -0.439 e. The molecule has 3 aromatic carbocycles. The van der Waals surface area contributed by atoms with Crippen molar-refractivity contribution in [3.63, 3.8) is 0 Å². The highest BCUT2D eigenvalue weighted by molar-refractivity contribution is 5.65. The zero-order valence-corrected chi connectivity index (χ0v) is 21.4. The van der Waals surface area contributed by atoms with E-state index in [1.165, 1.54) is 0 Å². The Hall–Kier alpha value is -3.89. The van der Waals surface area contributed by atoms with Crippen LogP contribution in [0.5, 0.6) is 11.6 Å². The summed E-state index contributed by atoms with van der Waals surface area (Å²) in [6.45, 7) is 3.94. The highest BCUT2D eigenvalue weighted by Gasteiger charge is 2.23. The highest BCUT2D eigenvalue weighted by atomic mass is 16.5. The number of aliphatic hydroxyl groups excluding tert-OH is 1. The first-order chi connectivity index (χ1) is 18.0. The second kappa shape index (κ2) is 12.9. The zero-order chi connectivity index (χ0) is 26.0. The molecule has 4 rings (SSSR count). The quantitative estimate of drug-likeness (QED) is 0.216. The molecule has 0 saturated carbocycles. The van der Waals surface area contributed by atoms with Crippen molar-refractivity contribution < 1.29 is 14.6 Å². The Bertz CT molecular complexity index is 1300. The minimum absolute atomic E-state index is 0.167. The molecule has 0 spiro atoms. The highest BCUT2D eigenvalue weighted by Crippen LogP contribution is 2.34. The molecule has 37 heavy (non-hydrogen) atoms. The van der Waals surface area contributed by atoms with Crippen LogP contribution in [0.3, 0.4) is 0 Å². The molecule has 0 fully saturated rings. The Labute approximate surface area is 219 Å². The van der Waals surface area contributed by atoms with Crippen LogP contribution < -0.4 is 4.74 Å². The Morgan fingerprint density at radius 3 is 2.32 bits per heavy atom. The van der Waals surface area contributed by atoms with E-state index in [0.29, 0.717) is 25.5 Å². The third-order valence-electron chi connectivity index (χ3n) is 5.97. The molecule has 0 amide bonds. The molecule has 6 heteroatoms. The molecule has 190 valence electrons. The summed E-state index contributed by atoms with van der Waals surface area (Å²) in [6, 6.07) is 28.3. The molecule has 0 radical (unpaired) electrons. The van der Waals surface area contributed by atoms with Gasteiger partial charge in [0.2, 0.25) is 5.88 Å². The molecule has 0 unspecified atom stereocenters. The maximum atomic E-state index is 10.7. The van der Waals surface area contributed by atoms with Crippen molar-refractivity contribution >= 4 is 0 Å². The van der Waals surface area contributed by atoms with Crippen molar-refractivity contribution in [3.8, 4) is 35.2 Å². The second-order valence-electron chi connectivity index (χ2n) is 9.07. The summed E-state index contributed by atoms with van der Waals surface area (Å²) >= 11 is 0. The van der Waals surface area contributed by atoms with Gasteiger partial charge < -0.3 is 14.6 Å². The summed E-state index contributed by atoms with van der Waals surface area (Å²) < 4.78 is 13.6. The van der Waals surface area contributed by atoms with E-state index in [2.05, 4.69) is 23.0 Å². The molecule has 0 aliphatic rings. The Balaban J connectivity index is 1.69. The predicted octanol–water partition coefficient (Wildman–Crippen LogP) is 5.20. The van der Waals surface area contributed by atoms with Crippen LogP contribution in [0.4, 0.5) is 0 Å². The number of benzene rings is 3. The lowest BCUT2D eigenvalue weighted by atomic mass is 10.1. The van der Waals surface area contributed by atoms with Crippen molar-refractivity contribution in [2.45, 2.75) is 26.1 Å². The van der Waals surface area contributed by atoms with Gasteiger partial charge in [0.15, 0.2) is 0 Å². The van der Waals surface area contributed by atoms with Crippen LogP contribution in [0.1, 0.15) is 16.7 Å². The molecular weight excluding hydrogens is 462 g/mol. The topological polar surface area (TPSA) is 59.8 Å². The number of rotatable bonds is 12. The first-order valence-corrected chi connectivity index (χ1v) is 12.3. The van der Waals surface area contributed by atoms with Crippen LogP contribution in [-0.4, -0.2) is 45.6 Å². The van der Waals surface area contributed by atoms with Gasteiger partial charge in [0.05, 0.1) is 18.3 Å². The monoisotopic (exact) mass is 495 g/mol. The summed E-state index contributed by atoms with van der Waals surface area (Å²) in [6.07, 6.45) is 4.59. The lowest BCUT2D eigenvalue weighted by Crippen LogP contribution is -2.34. The standard InChI is InChI=1S/C31H33N3O3/c1-4-19-36-23-27(35)21-34(20-25-11-7-5-8-12-25)22-29-30(26-13-9-6-10-14-26)32-33(3)31(29)37-28-17-15-24(2)16-18-28/h1,5-18,27,35H,19-23H2,2-3H3/t27-/m1/s1. The summed E-state index contributed by atoms with van der Waals surface area (Å²) in [4.78, 5) is 2.19. The van der Waals surface area contributed by atoms with Gasteiger partial charge in [-0.05, 0) is 24.6 Å². The van der Waals surface area contributed by atoms with Crippen molar-refractivity contribution in [2.24, 2.45) is 7.05 Å². The van der Waals surface area contributed by atoms with Crippen molar-refractivity contribution in [3.05, 3.63) is 102 Å². The first-order valence-electron chi connectivity index (χ1n) is 12.3. The van der Waals surface area contributed by atoms with E-state index in [1.807, 2.05) is 86.8 Å². The van der Waals surface area contributed by atoms with Gasteiger partial charge in [0.1, 0.15) is 18.1 Å². The van der Waals surface area contributed by atoms with E-state index >= 15 is 0 Å². The van der Waals surface area contributed by atoms with Gasteiger partial charge in [0, 0.05) is 32.2 Å². The number of aliphatic hydroxyl groups is 1. The van der Waals surface area contributed by atoms with E-state index in [1.54, 1.807) is 4.68 Å². The molecule has 4 aromatic rings. The number of aromatic nitrogens is 2. The Morgan fingerprint density at radius 1 is 0.973 bits per heavy atom. The maximum Gasteiger partial charge on any atom is 0.222 e. The average molecular weight is 496 g/mol. The van der Waals surface area contributed by atoms with E-state index < -0.39 is 6.10 Å². The van der Waals surface area contributed by atoms with Crippen LogP contribution >= 0.6 is 0 Å². The van der Waals surface area contributed by atoms with Crippen LogP contribution in [-0.2, 0) is 24.9 Å². The fraction of sp³-hybridized carbons (Fsp3) is 0.258. The largest absolute Gasteiger partial charge is 0.439 e. The van der Waals surface area contributed by atoms with Gasteiger partial charge in [-0.25, -0.2) is 4.68 Å². The van der Waals surface area contributed by atoms with Gasteiger partial charge in [-0.2, -0.15) is 5.10 Å². The first kappa shape index (κ1) is 26.2. The zero-order valence-electron chi connectivity index (χ0n) is 21.4. The molecule has 1 atom stereocenters. The van der Waals surface area contributed by atoms with Crippen LogP contribution in [0.15, 0.2) is 84.9 Å². The Morgan fingerprint density at radius 2 is 1.65 bits per heavy atom. The van der Waals surface area contributed by atoms with Crippen LogP contribution in [0.2, 0.25) is 0 Å². The lowest BCUT2D eigenvalue weighted by Gasteiger charge is -2.25. The molecule has 0 saturated heterocycles. The number of hydrogen-bond donors (Lipinski definition) is 1. The van der Waals surface area contributed by atoms with E-state index in [-0.39, 0.29) is 13.2 Å². The molecule has 0 aliphatic heterocycles. The number of hydrogen-bond acceptors (Lipinski definition) is 5. The minimum atomic E-state index is -0.699. The predicted molar refractivity (Wildman–Crippen MR) is 146 cm³/mol. The van der Waals surface area contributed by atoms with Gasteiger partial charge in [-0.15, -0.1) is 6.42 Å². The van der Waals surface area contributed by atoms with Crippen molar-refractivity contribution in [1.29, 1.82) is 0 Å². The number of terminal acetylenes is 1. The van der Waals surface area contributed by atoms with Gasteiger partial charge in [-0.3, -0.25) is 4.90 Å². The normalized spacial score (nSPS) is 11.9. The maximum absolute atomic E-state index is 10.7. The molecule has 0 aliphatic carbocycles. The molecule has 0 bridgehead atoms. The third kappa shape index (κ3) is 7.31. The smallest absolute Gasteiger partial charge is 0.222 e. The fourth-order valence-electron chi connectivity index (χ4n) is 4.22. The van der Waals surface area contributed by atoms with Crippen molar-refractivity contribution in [2.75, 3.05) is 19.8 Å². The third-order valence-corrected chi connectivity index (χ3v) is 5.97. The summed E-state index contributed by atoms with van der Waals surface area (Å²) in [7, 11) is 1.89. The number of nitrogens with zero attached hydrogens (tertiary/aromatic N) is 3. The van der Waals surface area contributed by atoms with Gasteiger partial charge in [-0.1, -0.05) is 84.3 Å². The van der Waals surface area contributed by atoms with Gasteiger partial charge >= 0.3 is 0 Å². The average Bonchev–Trinajstić information content (AvgIpc) is 3.21. The van der Waals surface area contributed by atoms with Crippen LogP contribution in [0.25, 0.3) is 11.3 Å². The molecule has 1 heterocycles. The number of ether oxygens (including phenoxy) is 2.